The van der Waals surface area contributed by atoms with Gasteiger partial charge in [0.1, 0.15) is 17.6 Å². The largest absolute Gasteiger partial charge is 0.459 e. The Balaban J connectivity index is 0.000000557. The van der Waals surface area contributed by atoms with Crippen molar-refractivity contribution in [3.05, 3.63) is 75.8 Å². The van der Waals surface area contributed by atoms with E-state index in [1.807, 2.05) is 52.0 Å². The summed E-state index contributed by atoms with van der Waals surface area (Å²) in [4.78, 5) is 29.3. The molecule has 1 spiro atoms. The van der Waals surface area contributed by atoms with Gasteiger partial charge in [-0.1, -0.05) is 85.4 Å². The number of thiocarbonyl (C=S) groups is 1. The van der Waals surface area contributed by atoms with Crippen molar-refractivity contribution in [2.24, 2.45) is 0 Å². The fourth-order valence-electron chi connectivity index (χ4n) is 5.84. The molecule has 0 saturated carbocycles. The smallest absolute Gasteiger partial charge is 0.326 e. The van der Waals surface area contributed by atoms with Crippen molar-refractivity contribution >= 4 is 66.0 Å². The maximum atomic E-state index is 14.1. The highest BCUT2D eigenvalue weighted by Crippen LogP contribution is 2.56. The Labute approximate surface area is 273 Å². The molecule has 0 aromatic heterocycles. The third-order valence-corrected chi connectivity index (χ3v) is 10.1. The summed E-state index contributed by atoms with van der Waals surface area (Å²) in [7, 11) is 0.961. The molecule has 234 valence electrons. The van der Waals surface area contributed by atoms with E-state index in [0.29, 0.717) is 32.7 Å². The van der Waals surface area contributed by atoms with E-state index in [4.69, 9.17) is 44.9 Å². The van der Waals surface area contributed by atoms with Crippen LogP contribution in [0.2, 0.25) is 35.7 Å². The number of likely N-dealkylation sites (tertiary alicyclic amines) is 1. The average Bonchev–Trinajstić information content (AvgIpc) is 3.14. The van der Waals surface area contributed by atoms with Gasteiger partial charge in [-0.15, -0.1) is 0 Å². The predicted octanol–water partition coefficient (Wildman–Crippen LogP) is 8.26. The van der Waals surface area contributed by atoms with Gasteiger partial charge in [0.25, 0.3) is 0 Å². The lowest BCUT2D eigenvalue weighted by Crippen LogP contribution is -2.64. The number of hydrogen-bond donors (Lipinski definition) is 1. The Bertz CT molecular complexity index is 1390. The molecule has 6 nitrogen and oxygen atoms in total. The molecule has 2 heterocycles. The van der Waals surface area contributed by atoms with Crippen molar-refractivity contribution in [1.82, 2.24) is 4.90 Å². The summed E-state index contributed by atoms with van der Waals surface area (Å²) >= 11 is 18.5. The minimum atomic E-state index is -1.11. The van der Waals surface area contributed by atoms with E-state index in [1.54, 1.807) is 30.2 Å². The molecule has 43 heavy (non-hydrogen) atoms. The first-order valence-electron chi connectivity index (χ1n) is 14.4. The molecule has 2 aromatic carbocycles. The zero-order chi connectivity index (χ0) is 32.3. The van der Waals surface area contributed by atoms with Crippen molar-refractivity contribution in [3.63, 3.8) is 0 Å². The van der Waals surface area contributed by atoms with E-state index in [2.05, 4.69) is 31.5 Å². The summed E-state index contributed by atoms with van der Waals surface area (Å²) in [6.45, 7) is 19.5. The van der Waals surface area contributed by atoms with Crippen molar-refractivity contribution in [2.75, 3.05) is 25.6 Å². The van der Waals surface area contributed by atoms with Gasteiger partial charge in [0.15, 0.2) is 0 Å². The number of carbonyl (C=O) groups excluding carboxylic acids is 2. The number of esters is 1. The first-order valence-corrected chi connectivity index (χ1v) is 19.3. The first kappa shape index (κ1) is 35.2. The van der Waals surface area contributed by atoms with Crippen LogP contribution in [-0.2, 0) is 24.5 Å². The molecule has 2 aliphatic rings. The summed E-state index contributed by atoms with van der Waals surface area (Å²) in [5, 5.41) is 4.13. The summed E-state index contributed by atoms with van der Waals surface area (Å²) in [6, 6.07) is 13.6. The normalized spacial score (nSPS) is 21.6. The maximum absolute atomic E-state index is 14.1. The number of halogens is 2. The molecular formula is C33H44Cl2N2O4SSi. The number of carbonyl (C=O) groups is 2. The second-order valence-corrected chi connectivity index (χ2v) is 20.5. The summed E-state index contributed by atoms with van der Waals surface area (Å²) < 4.78 is 10.6. The van der Waals surface area contributed by atoms with Crippen LogP contribution in [0.4, 0.5) is 5.69 Å². The van der Waals surface area contributed by atoms with Crippen LogP contribution in [0.5, 0.6) is 0 Å². The van der Waals surface area contributed by atoms with Crippen molar-refractivity contribution < 1.29 is 19.1 Å². The number of fused-ring (bicyclic) bond motifs is 2. The van der Waals surface area contributed by atoms with E-state index in [0.717, 1.165) is 17.7 Å². The quantitative estimate of drug-likeness (QED) is 0.139. The summed E-state index contributed by atoms with van der Waals surface area (Å²) in [5.74, 6) is -0.950. The zero-order valence-corrected chi connectivity index (χ0v) is 29.8. The number of rotatable bonds is 7. The van der Waals surface area contributed by atoms with Crippen LogP contribution >= 0.6 is 35.4 Å². The Morgan fingerprint density at radius 2 is 1.81 bits per heavy atom. The highest BCUT2D eigenvalue weighted by atomic mass is 35.5. The number of nitrogens with zero attached hydrogens (tertiary/aromatic N) is 1. The second kappa shape index (κ2) is 13.8. The minimum Gasteiger partial charge on any atom is -0.459 e. The minimum absolute atomic E-state index is 0.0894. The van der Waals surface area contributed by atoms with Gasteiger partial charge >= 0.3 is 5.97 Å². The molecule has 2 aliphatic heterocycles. The predicted molar refractivity (Wildman–Crippen MR) is 184 cm³/mol. The molecule has 10 heteroatoms. The number of piperidine rings is 1. The molecule has 4 rings (SSSR count). The molecule has 3 atom stereocenters. The van der Waals surface area contributed by atoms with Crippen LogP contribution < -0.4 is 5.32 Å². The van der Waals surface area contributed by atoms with Gasteiger partial charge in [0.2, 0.25) is 5.91 Å². The molecule has 1 saturated heterocycles. The number of amides is 1. The standard InChI is InChI=1S/C27H28Cl2N2O3S.C6H16OSi/c1-15(2)24-27(19-10-9-18(29)12-21(19)30-25(27)33)20(16-7-6-8-17(28)11-16)13-22(35)31(24)14-23(32)34-26(3,4)5;1-7-5-6-8(2,3)4/h6-12,20,24H,1,13-14H2,2-5H3,(H,30,33);5-6H2,1-4H3/t20-,24+,27-;/m0./s1. The van der Waals surface area contributed by atoms with Crippen LogP contribution in [0.15, 0.2) is 54.6 Å². The highest BCUT2D eigenvalue weighted by Gasteiger charge is 2.62. The van der Waals surface area contributed by atoms with Gasteiger partial charge in [-0.3, -0.25) is 9.59 Å². The lowest BCUT2D eigenvalue weighted by Gasteiger charge is -2.52. The second-order valence-electron chi connectivity index (χ2n) is 13.5. The molecule has 0 aliphatic carbocycles. The fraction of sp³-hybridized carbons (Fsp3) is 0.485. The van der Waals surface area contributed by atoms with E-state index >= 15 is 0 Å². The molecule has 1 amide bonds. The molecule has 0 unspecified atom stereocenters. The Kier molecular flexibility index (Phi) is 11.3. The monoisotopic (exact) mass is 662 g/mol. The first-order chi connectivity index (χ1) is 19.9. The van der Waals surface area contributed by atoms with Crippen LogP contribution in [0, 0.1) is 0 Å². The van der Waals surface area contributed by atoms with Gasteiger partial charge < -0.3 is 19.7 Å². The molecular weight excluding hydrogens is 619 g/mol. The van der Waals surface area contributed by atoms with E-state index in [-0.39, 0.29) is 18.4 Å². The van der Waals surface area contributed by atoms with Gasteiger partial charge in [-0.25, -0.2) is 0 Å². The van der Waals surface area contributed by atoms with Gasteiger partial charge in [0, 0.05) is 49.9 Å². The van der Waals surface area contributed by atoms with Gasteiger partial charge in [-0.05, 0) is 69.1 Å². The van der Waals surface area contributed by atoms with Crippen LogP contribution in [-0.4, -0.2) is 61.7 Å². The van der Waals surface area contributed by atoms with Crippen molar-refractivity contribution in [2.45, 2.75) is 82.8 Å². The van der Waals surface area contributed by atoms with E-state index in [9.17, 15) is 9.59 Å². The van der Waals surface area contributed by atoms with Gasteiger partial charge in [0.05, 0.1) is 11.0 Å². The SMILES string of the molecule is C=C(C)[C@H]1N(CC(=O)OC(C)(C)C)C(=S)C[C@@H](c2cccc(Cl)c2)[C@]12C(=O)Nc1cc(Cl)ccc12.COCC[Si](C)(C)C. The number of hydrogen-bond acceptors (Lipinski definition) is 5. The molecule has 1 N–H and O–H groups in total. The maximum Gasteiger partial charge on any atom is 0.326 e. The van der Waals surface area contributed by atoms with Crippen molar-refractivity contribution in [3.8, 4) is 0 Å². The molecule has 2 aromatic rings. The number of anilines is 1. The molecule has 0 radical (unpaired) electrons. The molecule has 0 bridgehead atoms. The van der Waals surface area contributed by atoms with Crippen molar-refractivity contribution in [1.29, 1.82) is 0 Å². The lowest BCUT2D eigenvalue weighted by molar-refractivity contribution is -0.156. The third kappa shape index (κ3) is 8.28. The Morgan fingerprint density at radius 1 is 1.16 bits per heavy atom. The Morgan fingerprint density at radius 3 is 2.35 bits per heavy atom. The number of benzene rings is 2. The van der Waals surface area contributed by atoms with Crippen LogP contribution in [0.1, 0.15) is 51.2 Å². The number of methoxy groups -OCH3 is 1. The lowest BCUT2D eigenvalue weighted by atomic mass is 9.59. The van der Waals surface area contributed by atoms with Crippen LogP contribution in [0.3, 0.4) is 0 Å². The summed E-state index contributed by atoms with van der Waals surface area (Å²) in [5.41, 5.74) is 1.28. The Hall–Kier alpha value is -2.23. The zero-order valence-electron chi connectivity index (χ0n) is 26.5. The number of nitrogens with one attached hydrogen (secondary N) is 1. The van der Waals surface area contributed by atoms with Gasteiger partial charge in [-0.2, -0.15) is 0 Å². The van der Waals surface area contributed by atoms with E-state index in [1.165, 1.54) is 6.04 Å². The van der Waals surface area contributed by atoms with E-state index < -0.39 is 31.1 Å². The highest BCUT2D eigenvalue weighted by molar-refractivity contribution is 7.80. The topological polar surface area (TPSA) is 67.9 Å². The third-order valence-electron chi connectivity index (χ3n) is 7.54. The fourth-order valence-corrected chi connectivity index (χ4v) is 7.36. The summed E-state index contributed by atoms with van der Waals surface area (Å²) in [6.07, 6.45) is 0.373. The molecule has 1 fully saturated rings. The van der Waals surface area contributed by atoms with Crippen LogP contribution in [0.25, 0.3) is 0 Å². The average molecular weight is 664 g/mol. The number of ether oxygens (including phenoxy) is 2.